The molecular weight excluding hydrogens is 342 g/mol. The van der Waals surface area contributed by atoms with Crippen molar-refractivity contribution in [1.82, 2.24) is 4.90 Å². The van der Waals surface area contributed by atoms with E-state index < -0.39 is 0 Å². The molecule has 27 heavy (non-hydrogen) atoms. The molecule has 0 radical (unpaired) electrons. The Kier molecular flexibility index (Phi) is 3.93. The van der Waals surface area contributed by atoms with Gasteiger partial charge in [-0.1, -0.05) is 12.1 Å². The first-order chi connectivity index (χ1) is 13.2. The van der Waals surface area contributed by atoms with Gasteiger partial charge in [-0.15, -0.1) is 0 Å². The number of hydrogen-bond acceptors (Lipinski definition) is 5. The second-order valence-corrected chi connectivity index (χ2v) is 7.74. The summed E-state index contributed by atoms with van der Waals surface area (Å²) in [6.45, 7) is 4.68. The maximum absolute atomic E-state index is 6.59. The van der Waals surface area contributed by atoms with E-state index >= 15 is 0 Å². The highest BCUT2D eigenvalue weighted by Crippen LogP contribution is 2.50. The van der Waals surface area contributed by atoms with E-state index in [0.717, 1.165) is 42.5 Å². The Morgan fingerprint density at radius 1 is 1.00 bits per heavy atom. The normalized spacial score (nSPS) is 26.5. The maximum Gasteiger partial charge on any atom is 0.231 e. The standard InChI is InChI=1S/C22H25NO4/c1-22(23-9-3-4-10-23)13-18(15-5-7-16(24-2)8-6-15)17-11-20-21(26-14-25-20)12-19(17)27-22/h5-8,11-12,18H,3-4,9-10,13-14H2,1-2H3/t18-,22+/m0/s1. The molecular formula is C22H25NO4. The van der Waals surface area contributed by atoms with Gasteiger partial charge in [-0.2, -0.15) is 0 Å². The molecule has 3 heterocycles. The van der Waals surface area contributed by atoms with E-state index in [1.54, 1.807) is 7.11 Å². The predicted octanol–water partition coefficient (Wildman–Crippen LogP) is 4.15. The van der Waals surface area contributed by atoms with E-state index in [2.05, 4.69) is 30.0 Å². The fourth-order valence-corrected chi connectivity index (χ4v) is 4.58. The summed E-state index contributed by atoms with van der Waals surface area (Å²) < 4.78 is 23.2. The topological polar surface area (TPSA) is 40.2 Å². The van der Waals surface area contributed by atoms with Gasteiger partial charge in [0, 0.05) is 37.1 Å². The van der Waals surface area contributed by atoms with Gasteiger partial charge in [0.05, 0.1) is 7.11 Å². The Bertz CT molecular complexity index is 844. The van der Waals surface area contributed by atoms with Gasteiger partial charge < -0.3 is 18.9 Å². The molecule has 5 nitrogen and oxygen atoms in total. The van der Waals surface area contributed by atoms with Gasteiger partial charge in [-0.25, -0.2) is 0 Å². The molecule has 0 spiro atoms. The lowest BCUT2D eigenvalue weighted by Gasteiger charge is -2.45. The molecule has 5 heteroatoms. The van der Waals surface area contributed by atoms with Crippen LogP contribution in [0.1, 0.15) is 43.2 Å². The van der Waals surface area contributed by atoms with Gasteiger partial charge in [0.15, 0.2) is 17.2 Å². The van der Waals surface area contributed by atoms with E-state index in [1.165, 1.54) is 24.0 Å². The molecule has 142 valence electrons. The number of rotatable bonds is 3. The summed E-state index contributed by atoms with van der Waals surface area (Å²) in [6, 6.07) is 12.5. The lowest BCUT2D eigenvalue weighted by Crippen LogP contribution is -2.52. The van der Waals surface area contributed by atoms with Crippen molar-refractivity contribution in [2.45, 2.75) is 37.8 Å². The first-order valence-corrected chi connectivity index (χ1v) is 9.68. The van der Waals surface area contributed by atoms with E-state index in [-0.39, 0.29) is 18.4 Å². The zero-order chi connectivity index (χ0) is 18.4. The molecule has 0 aromatic heterocycles. The summed E-state index contributed by atoms with van der Waals surface area (Å²) in [5, 5.41) is 0. The van der Waals surface area contributed by atoms with Crippen molar-refractivity contribution in [2.75, 3.05) is 27.0 Å². The van der Waals surface area contributed by atoms with Crippen molar-refractivity contribution in [3.05, 3.63) is 47.5 Å². The van der Waals surface area contributed by atoms with Crippen molar-refractivity contribution in [1.29, 1.82) is 0 Å². The third-order valence-electron chi connectivity index (χ3n) is 6.09. The number of ether oxygens (including phenoxy) is 4. The molecule has 0 N–H and O–H groups in total. The minimum absolute atomic E-state index is 0.236. The van der Waals surface area contributed by atoms with Crippen LogP contribution in [0.15, 0.2) is 36.4 Å². The van der Waals surface area contributed by atoms with Crippen LogP contribution in [-0.4, -0.2) is 37.6 Å². The number of likely N-dealkylation sites (tertiary alicyclic amines) is 1. The highest BCUT2D eigenvalue weighted by Gasteiger charge is 2.44. The van der Waals surface area contributed by atoms with E-state index in [9.17, 15) is 0 Å². The van der Waals surface area contributed by atoms with Crippen LogP contribution in [0.25, 0.3) is 0 Å². The van der Waals surface area contributed by atoms with E-state index in [0.29, 0.717) is 0 Å². The lowest BCUT2D eigenvalue weighted by atomic mass is 9.81. The number of fused-ring (bicyclic) bond motifs is 2. The summed E-state index contributed by atoms with van der Waals surface area (Å²) in [5.74, 6) is 3.59. The number of nitrogens with zero attached hydrogens (tertiary/aromatic N) is 1. The van der Waals surface area contributed by atoms with Crippen LogP contribution in [0, 0.1) is 0 Å². The molecule has 5 rings (SSSR count). The third kappa shape index (κ3) is 2.81. The quantitative estimate of drug-likeness (QED) is 0.815. The van der Waals surface area contributed by atoms with Crippen molar-refractivity contribution < 1.29 is 18.9 Å². The second-order valence-electron chi connectivity index (χ2n) is 7.74. The smallest absolute Gasteiger partial charge is 0.231 e. The summed E-state index contributed by atoms with van der Waals surface area (Å²) in [4.78, 5) is 2.48. The van der Waals surface area contributed by atoms with Gasteiger partial charge in [0.2, 0.25) is 6.79 Å². The molecule has 3 aliphatic rings. The minimum Gasteiger partial charge on any atom is -0.497 e. The van der Waals surface area contributed by atoms with Crippen molar-refractivity contribution in [2.24, 2.45) is 0 Å². The van der Waals surface area contributed by atoms with Gasteiger partial charge in [0.1, 0.15) is 11.5 Å². The highest BCUT2D eigenvalue weighted by atomic mass is 16.7. The van der Waals surface area contributed by atoms with Gasteiger partial charge in [-0.3, -0.25) is 4.90 Å². The monoisotopic (exact) mass is 367 g/mol. The molecule has 1 saturated heterocycles. The van der Waals surface area contributed by atoms with Crippen LogP contribution in [0.2, 0.25) is 0 Å². The van der Waals surface area contributed by atoms with Crippen LogP contribution in [0.5, 0.6) is 23.0 Å². The van der Waals surface area contributed by atoms with Crippen molar-refractivity contribution in [3.63, 3.8) is 0 Å². The molecule has 1 fully saturated rings. The van der Waals surface area contributed by atoms with Gasteiger partial charge >= 0.3 is 0 Å². The zero-order valence-electron chi connectivity index (χ0n) is 15.9. The average Bonchev–Trinajstić information content (AvgIpc) is 3.38. The lowest BCUT2D eigenvalue weighted by molar-refractivity contribution is -0.0768. The molecule has 0 saturated carbocycles. The molecule has 3 aliphatic heterocycles. The molecule has 0 bridgehead atoms. The molecule has 0 amide bonds. The van der Waals surface area contributed by atoms with Crippen LogP contribution in [-0.2, 0) is 0 Å². The fraction of sp³-hybridized carbons (Fsp3) is 0.455. The summed E-state index contributed by atoms with van der Waals surface area (Å²) in [5.41, 5.74) is 2.12. The zero-order valence-corrected chi connectivity index (χ0v) is 15.9. The Hall–Kier alpha value is -2.40. The Labute approximate surface area is 159 Å². The highest BCUT2D eigenvalue weighted by molar-refractivity contribution is 5.56. The number of hydrogen-bond donors (Lipinski definition) is 0. The Morgan fingerprint density at radius 2 is 1.70 bits per heavy atom. The third-order valence-corrected chi connectivity index (χ3v) is 6.09. The first kappa shape index (κ1) is 16.8. The molecule has 0 aliphatic carbocycles. The van der Waals surface area contributed by atoms with Crippen LogP contribution < -0.4 is 18.9 Å². The minimum atomic E-state index is -0.318. The van der Waals surface area contributed by atoms with Crippen molar-refractivity contribution >= 4 is 0 Å². The summed E-state index contributed by atoms with van der Waals surface area (Å²) >= 11 is 0. The Morgan fingerprint density at radius 3 is 2.41 bits per heavy atom. The van der Waals surface area contributed by atoms with Gasteiger partial charge in [0.25, 0.3) is 0 Å². The largest absolute Gasteiger partial charge is 0.497 e. The van der Waals surface area contributed by atoms with Crippen LogP contribution in [0.4, 0.5) is 0 Å². The molecule has 0 unspecified atom stereocenters. The molecule has 2 aromatic rings. The second kappa shape index (κ2) is 6.34. The SMILES string of the molecule is COc1ccc([C@@H]2C[C@](C)(N3CCCC3)Oc3cc4c(cc32)OCO4)cc1. The summed E-state index contributed by atoms with van der Waals surface area (Å²) in [6.07, 6.45) is 3.38. The first-order valence-electron chi connectivity index (χ1n) is 9.68. The maximum atomic E-state index is 6.59. The molecule has 2 atom stereocenters. The average molecular weight is 367 g/mol. The van der Waals surface area contributed by atoms with Crippen molar-refractivity contribution in [3.8, 4) is 23.0 Å². The number of benzene rings is 2. The van der Waals surface area contributed by atoms with Crippen LogP contribution >= 0.6 is 0 Å². The summed E-state index contributed by atoms with van der Waals surface area (Å²) in [7, 11) is 1.70. The van der Waals surface area contributed by atoms with Gasteiger partial charge in [-0.05, 0) is 43.5 Å². The van der Waals surface area contributed by atoms with E-state index in [4.69, 9.17) is 18.9 Å². The predicted molar refractivity (Wildman–Crippen MR) is 102 cm³/mol. The Balaban J connectivity index is 1.59. The van der Waals surface area contributed by atoms with Crippen LogP contribution in [0.3, 0.4) is 0 Å². The molecule has 2 aromatic carbocycles. The van der Waals surface area contributed by atoms with E-state index in [1.807, 2.05) is 18.2 Å². The number of methoxy groups -OCH3 is 1. The fourth-order valence-electron chi connectivity index (χ4n) is 4.58.